The van der Waals surface area contributed by atoms with E-state index in [4.69, 9.17) is 0 Å². The SMILES string of the molecule is CC1=NS(=O)(=O)N(C)C=C1C(=O)Nc1ccc(C)cc1C. The van der Waals surface area contributed by atoms with E-state index in [-0.39, 0.29) is 17.2 Å². The van der Waals surface area contributed by atoms with Crippen molar-refractivity contribution >= 4 is 27.5 Å². The van der Waals surface area contributed by atoms with Crippen molar-refractivity contribution in [3.8, 4) is 0 Å². The van der Waals surface area contributed by atoms with Crippen molar-refractivity contribution in [3.05, 3.63) is 41.1 Å². The van der Waals surface area contributed by atoms with Gasteiger partial charge in [0.05, 0.1) is 11.3 Å². The van der Waals surface area contributed by atoms with Crippen LogP contribution in [0.1, 0.15) is 18.1 Å². The van der Waals surface area contributed by atoms with Crippen LogP contribution in [0.4, 0.5) is 5.69 Å². The van der Waals surface area contributed by atoms with Gasteiger partial charge in [-0.2, -0.15) is 8.42 Å². The number of hydrogen-bond donors (Lipinski definition) is 1. The maximum Gasteiger partial charge on any atom is 0.344 e. The van der Waals surface area contributed by atoms with Gasteiger partial charge in [-0.15, -0.1) is 4.40 Å². The van der Waals surface area contributed by atoms with Gasteiger partial charge in [0.15, 0.2) is 0 Å². The lowest BCUT2D eigenvalue weighted by atomic mass is 10.1. The van der Waals surface area contributed by atoms with Gasteiger partial charge in [-0.25, -0.2) is 0 Å². The highest BCUT2D eigenvalue weighted by molar-refractivity contribution is 7.88. The summed E-state index contributed by atoms with van der Waals surface area (Å²) in [6.07, 6.45) is 1.27. The van der Waals surface area contributed by atoms with Gasteiger partial charge in [-0.1, -0.05) is 17.7 Å². The fourth-order valence-electron chi connectivity index (χ4n) is 1.99. The van der Waals surface area contributed by atoms with E-state index in [1.54, 1.807) is 0 Å². The van der Waals surface area contributed by atoms with E-state index in [9.17, 15) is 13.2 Å². The van der Waals surface area contributed by atoms with Crippen molar-refractivity contribution in [2.75, 3.05) is 12.4 Å². The first-order valence-corrected chi connectivity index (χ1v) is 7.76. The number of amides is 1. The standard InChI is InChI=1S/C14H17N3O3S/c1-9-5-6-13(10(2)7-9)15-14(18)12-8-17(4)21(19,20)16-11(12)3/h5-8H,1-4H3,(H,15,18). The number of benzene rings is 1. The van der Waals surface area contributed by atoms with Crippen LogP contribution in [0.15, 0.2) is 34.4 Å². The molecule has 0 saturated carbocycles. The molecule has 0 aliphatic carbocycles. The zero-order valence-electron chi connectivity index (χ0n) is 12.3. The largest absolute Gasteiger partial charge is 0.344 e. The van der Waals surface area contributed by atoms with Gasteiger partial charge in [0.2, 0.25) is 0 Å². The molecular formula is C14H17N3O3S. The average Bonchev–Trinajstić information content (AvgIpc) is 2.36. The van der Waals surface area contributed by atoms with Gasteiger partial charge in [0.1, 0.15) is 0 Å². The van der Waals surface area contributed by atoms with Crippen LogP contribution in [-0.2, 0) is 15.0 Å². The normalized spacial score (nSPS) is 17.0. The quantitative estimate of drug-likeness (QED) is 0.904. The van der Waals surface area contributed by atoms with Gasteiger partial charge in [0.25, 0.3) is 5.91 Å². The highest BCUT2D eigenvalue weighted by atomic mass is 32.2. The van der Waals surface area contributed by atoms with Gasteiger partial charge < -0.3 is 5.32 Å². The Kier molecular flexibility index (Phi) is 3.87. The van der Waals surface area contributed by atoms with Crippen LogP contribution >= 0.6 is 0 Å². The van der Waals surface area contributed by atoms with Crippen LogP contribution in [0.3, 0.4) is 0 Å². The Labute approximate surface area is 124 Å². The lowest BCUT2D eigenvalue weighted by molar-refractivity contribution is -0.112. The molecule has 0 unspecified atom stereocenters. The molecule has 0 atom stereocenters. The van der Waals surface area contributed by atoms with Crippen molar-refractivity contribution in [1.82, 2.24) is 4.31 Å². The van der Waals surface area contributed by atoms with Crippen LogP contribution < -0.4 is 5.32 Å². The minimum Gasteiger partial charge on any atom is -0.322 e. The minimum atomic E-state index is -3.70. The summed E-state index contributed by atoms with van der Waals surface area (Å²) in [6, 6.07) is 5.68. The molecule has 1 amide bonds. The fraction of sp³-hybridized carbons (Fsp3) is 0.286. The lowest BCUT2D eigenvalue weighted by Crippen LogP contribution is -2.30. The number of carbonyl (C=O) groups is 1. The lowest BCUT2D eigenvalue weighted by Gasteiger charge is -2.20. The maximum atomic E-state index is 12.3. The second-order valence-corrected chi connectivity index (χ2v) is 6.64. The molecule has 1 N–H and O–H groups in total. The molecule has 0 bridgehead atoms. The fourth-order valence-corrected chi connectivity index (χ4v) is 2.81. The number of anilines is 1. The Hall–Kier alpha value is -2.15. The van der Waals surface area contributed by atoms with Gasteiger partial charge in [-0.05, 0) is 32.4 Å². The summed E-state index contributed by atoms with van der Waals surface area (Å²) in [7, 11) is -2.36. The van der Waals surface area contributed by atoms with E-state index in [2.05, 4.69) is 9.71 Å². The Morgan fingerprint density at radius 1 is 1.24 bits per heavy atom. The van der Waals surface area contributed by atoms with Gasteiger partial charge in [-0.3, -0.25) is 9.10 Å². The Morgan fingerprint density at radius 2 is 1.90 bits per heavy atom. The number of rotatable bonds is 2. The molecule has 0 radical (unpaired) electrons. The molecule has 1 aliphatic rings. The first kappa shape index (κ1) is 15.2. The van der Waals surface area contributed by atoms with Gasteiger partial charge >= 0.3 is 10.2 Å². The predicted molar refractivity (Wildman–Crippen MR) is 82.4 cm³/mol. The third kappa shape index (κ3) is 3.13. The summed E-state index contributed by atoms with van der Waals surface area (Å²) in [5.41, 5.74) is 3.14. The molecular weight excluding hydrogens is 290 g/mol. The number of carbonyl (C=O) groups excluding carboxylic acids is 1. The van der Waals surface area contributed by atoms with E-state index < -0.39 is 10.2 Å². The summed E-state index contributed by atoms with van der Waals surface area (Å²) in [6.45, 7) is 5.37. The summed E-state index contributed by atoms with van der Waals surface area (Å²) in [5.74, 6) is -0.384. The van der Waals surface area contributed by atoms with E-state index in [0.29, 0.717) is 5.69 Å². The first-order chi connectivity index (χ1) is 9.70. The molecule has 21 heavy (non-hydrogen) atoms. The van der Waals surface area contributed by atoms with Crippen molar-refractivity contribution in [2.45, 2.75) is 20.8 Å². The Bertz CT molecular complexity index is 764. The molecule has 1 aromatic carbocycles. The zero-order valence-corrected chi connectivity index (χ0v) is 13.2. The molecule has 1 heterocycles. The topological polar surface area (TPSA) is 78.8 Å². The molecule has 0 saturated heterocycles. The van der Waals surface area contributed by atoms with Crippen LogP contribution in [0.2, 0.25) is 0 Å². The molecule has 1 aromatic rings. The van der Waals surface area contributed by atoms with Crippen molar-refractivity contribution in [2.24, 2.45) is 4.40 Å². The van der Waals surface area contributed by atoms with E-state index in [0.717, 1.165) is 15.4 Å². The highest BCUT2D eigenvalue weighted by Gasteiger charge is 2.25. The average molecular weight is 307 g/mol. The molecule has 6 nitrogen and oxygen atoms in total. The van der Waals surface area contributed by atoms with Crippen molar-refractivity contribution < 1.29 is 13.2 Å². The summed E-state index contributed by atoms with van der Waals surface area (Å²) < 4.78 is 27.6. The highest BCUT2D eigenvalue weighted by Crippen LogP contribution is 2.19. The van der Waals surface area contributed by atoms with E-state index in [1.165, 1.54) is 20.2 Å². The monoisotopic (exact) mass is 307 g/mol. The molecule has 0 aromatic heterocycles. The summed E-state index contributed by atoms with van der Waals surface area (Å²) >= 11 is 0. The Morgan fingerprint density at radius 3 is 2.52 bits per heavy atom. The van der Waals surface area contributed by atoms with Crippen molar-refractivity contribution in [3.63, 3.8) is 0 Å². The summed E-state index contributed by atoms with van der Waals surface area (Å²) in [5, 5.41) is 2.78. The van der Waals surface area contributed by atoms with Crippen LogP contribution in [0.25, 0.3) is 0 Å². The second-order valence-electron chi connectivity index (χ2n) is 4.99. The predicted octanol–water partition coefficient (Wildman–Crippen LogP) is 1.78. The molecule has 0 fully saturated rings. The molecule has 0 spiro atoms. The smallest absolute Gasteiger partial charge is 0.322 e. The number of aryl methyl sites for hydroxylation is 2. The van der Waals surface area contributed by atoms with Crippen LogP contribution in [0.5, 0.6) is 0 Å². The maximum absolute atomic E-state index is 12.3. The molecule has 1 aliphatic heterocycles. The number of hydrogen-bond acceptors (Lipinski definition) is 3. The third-order valence-corrected chi connectivity index (χ3v) is 4.53. The van der Waals surface area contributed by atoms with Crippen LogP contribution in [-0.4, -0.2) is 31.4 Å². The summed E-state index contributed by atoms with van der Waals surface area (Å²) in [4.78, 5) is 12.3. The molecule has 7 heteroatoms. The van der Waals surface area contributed by atoms with Crippen molar-refractivity contribution in [1.29, 1.82) is 0 Å². The van der Waals surface area contributed by atoms with Crippen LogP contribution in [0, 0.1) is 13.8 Å². The van der Waals surface area contributed by atoms with E-state index in [1.807, 2.05) is 32.0 Å². The first-order valence-electron chi connectivity index (χ1n) is 6.36. The zero-order chi connectivity index (χ0) is 15.8. The molecule has 2 rings (SSSR count). The van der Waals surface area contributed by atoms with E-state index >= 15 is 0 Å². The van der Waals surface area contributed by atoms with Gasteiger partial charge in [0, 0.05) is 18.9 Å². The Balaban J connectivity index is 2.27. The third-order valence-electron chi connectivity index (χ3n) is 3.19. The molecule has 112 valence electrons. The number of nitrogens with one attached hydrogen (secondary N) is 1. The number of nitrogens with zero attached hydrogens (tertiary/aromatic N) is 2. The minimum absolute atomic E-state index is 0.176. The second kappa shape index (κ2) is 5.33.